The fraction of sp³-hybridized carbons (Fsp3) is 0.269. The Morgan fingerprint density at radius 1 is 0.967 bits per heavy atom. The molecule has 1 aliphatic rings. The zero-order valence-electron chi connectivity index (χ0n) is 17.3. The SMILES string of the molecule is CC(Oc1ccc2c(c1)CCCC2)C(=O)Nc1ccc(CSc2ccccc2)cc1. The van der Waals surface area contributed by atoms with Crippen LogP contribution in [-0.4, -0.2) is 12.0 Å². The summed E-state index contributed by atoms with van der Waals surface area (Å²) >= 11 is 1.80. The quantitative estimate of drug-likeness (QED) is 0.461. The third-order valence-corrected chi connectivity index (χ3v) is 6.46. The number of fused-ring (bicyclic) bond motifs is 1. The fourth-order valence-corrected chi connectivity index (χ4v) is 4.53. The number of anilines is 1. The van der Waals surface area contributed by atoms with Crippen molar-refractivity contribution in [2.24, 2.45) is 0 Å². The summed E-state index contributed by atoms with van der Waals surface area (Å²) in [6.45, 7) is 1.79. The summed E-state index contributed by atoms with van der Waals surface area (Å²) in [6, 6.07) is 24.6. The predicted molar refractivity (Wildman–Crippen MR) is 124 cm³/mol. The molecule has 30 heavy (non-hydrogen) atoms. The van der Waals surface area contributed by atoms with Crippen molar-refractivity contribution in [1.29, 1.82) is 0 Å². The molecule has 1 aliphatic carbocycles. The van der Waals surface area contributed by atoms with Crippen molar-refractivity contribution in [1.82, 2.24) is 0 Å². The minimum absolute atomic E-state index is 0.140. The molecule has 0 bridgehead atoms. The number of amides is 1. The number of rotatable bonds is 7. The van der Waals surface area contributed by atoms with Gasteiger partial charge in [0.05, 0.1) is 0 Å². The van der Waals surface area contributed by atoms with E-state index in [2.05, 4.69) is 41.7 Å². The van der Waals surface area contributed by atoms with Crippen molar-refractivity contribution in [2.75, 3.05) is 5.32 Å². The van der Waals surface area contributed by atoms with Gasteiger partial charge >= 0.3 is 0 Å². The van der Waals surface area contributed by atoms with Crippen LogP contribution in [0.25, 0.3) is 0 Å². The van der Waals surface area contributed by atoms with E-state index in [0.717, 1.165) is 30.0 Å². The van der Waals surface area contributed by atoms with E-state index in [1.807, 2.05) is 36.4 Å². The Balaban J connectivity index is 1.29. The highest BCUT2D eigenvalue weighted by Crippen LogP contribution is 2.26. The second-order valence-electron chi connectivity index (χ2n) is 7.69. The highest BCUT2D eigenvalue weighted by atomic mass is 32.2. The molecule has 0 aliphatic heterocycles. The Kier molecular flexibility index (Phi) is 6.75. The lowest BCUT2D eigenvalue weighted by molar-refractivity contribution is -0.122. The van der Waals surface area contributed by atoms with Crippen LogP contribution in [0.1, 0.15) is 36.5 Å². The van der Waals surface area contributed by atoms with Gasteiger partial charge in [-0.3, -0.25) is 4.79 Å². The molecule has 1 unspecified atom stereocenters. The first-order chi connectivity index (χ1) is 14.7. The van der Waals surface area contributed by atoms with Crippen molar-refractivity contribution in [2.45, 2.75) is 49.4 Å². The highest BCUT2D eigenvalue weighted by Gasteiger charge is 2.16. The Morgan fingerprint density at radius 3 is 2.47 bits per heavy atom. The van der Waals surface area contributed by atoms with E-state index < -0.39 is 6.10 Å². The molecule has 4 heteroatoms. The summed E-state index contributed by atoms with van der Waals surface area (Å²) in [4.78, 5) is 13.8. The van der Waals surface area contributed by atoms with Gasteiger partial charge in [-0.1, -0.05) is 36.4 Å². The molecule has 3 aromatic carbocycles. The molecule has 4 rings (SSSR count). The van der Waals surface area contributed by atoms with Gasteiger partial charge < -0.3 is 10.1 Å². The number of nitrogens with one attached hydrogen (secondary N) is 1. The van der Waals surface area contributed by atoms with Crippen molar-refractivity contribution >= 4 is 23.4 Å². The zero-order chi connectivity index (χ0) is 20.8. The monoisotopic (exact) mass is 417 g/mol. The maximum Gasteiger partial charge on any atom is 0.265 e. The topological polar surface area (TPSA) is 38.3 Å². The van der Waals surface area contributed by atoms with Crippen molar-refractivity contribution in [3.8, 4) is 5.75 Å². The van der Waals surface area contributed by atoms with Crippen LogP contribution in [0.15, 0.2) is 77.7 Å². The minimum atomic E-state index is -0.556. The molecule has 0 aromatic heterocycles. The molecule has 1 atom stereocenters. The number of ether oxygens (including phenoxy) is 1. The number of hydrogen-bond donors (Lipinski definition) is 1. The third kappa shape index (κ3) is 5.45. The summed E-state index contributed by atoms with van der Waals surface area (Å²) in [5.41, 5.74) is 4.78. The smallest absolute Gasteiger partial charge is 0.265 e. The van der Waals surface area contributed by atoms with Crippen LogP contribution in [0.5, 0.6) is 5.75 Å². The third-order valence-electron chi connectivity index (χ3n) is 5.37. The summed E-state index contributed by atoms with van der Waals surface area (Å²) in [7, 11) is 0. The number of carbonyl (C=O) groups is 1. The molecular formula is C26H27NO2S. The van der Waals surface area contributed by atoms with Crippen LogP contribution in [0, 0.1) is 0 Å². The summed E-state index contributed by atoms with van der Waals surface area (Å²) in [5, 5.41) is 2.95. The standard InChI is InChI=1S/C26H27NO2S/c1-19(29-24-16-13-21-7-5-6-8-22(21)17-24)26(28)27-23-14-11-20(12-15-23)18-30-25-9-3-2-4-10-25/h2-4,9-17,19H,5-8,18H2,1H3,(H,27,28). The highest BCUT2D eigenvalue weighted by molar-refractivity contribution is 7.98. The molecule has 1 N–H and O–H groups in total. The van der Waals surface area contributed by atoms with Crippen LogP contribution in [0.4, 0.5) is 5.69 Å². The van der Waals surface area contributed by atoms with Gasteiger partial charge in [-0.25, -0.2) is 0 Å². The summed E-state index contributed by atoms with van der Waals surface area (Å²) < 4.78 is 5.91. The second kappa shape index (κ2) is 9.86. The van der Waals surface area contributed by atoms with Gasteiger partial charge in [-0.15, -0.1) is 11.8 Å². The van der Waals surface area contributed by atoms with Gasteiger partial charge in [0.1, 0.15) is 5.75 Å². The van der Waals surface area contributed by atoms with E-state index in [0.29, 0.717) is 0 Å². The molecule has 154 valence electrons. The molecule has 3 aromatic rings. The molecule has 0 spiro atoms. The van der Waals surface area contributed by atoms with Gasteiger partial charge in [0, 0.05) is 16.3 Å². The lowest BCUT2D eigenvalue weighted by Gasteiger charge is -2.19. The van der Waals surface area contributed by atoms with Gasteiger partial charge in [-0.05, 0) is 85.7 Å². The van der Waals surface area contributed by atoms with Gasteiger partial charge in [0.25, 0.3) is 5.91 Å². The van der Waals surface area contributed by atoms with E-state index >= 15 is 0 Å². The molecule has 0 heterocycles. The molecule has 0 saturated heterocycles. The van der Waals surface area contributed by atoms with Gasteiger partial charge in [0.2, 0.25) is 0 Å². The number of thioether (sulfide) groups is 1. The number of hydrogen-bond acceptors (Lipinski definition) is 3. The fourth-order valence-electron chi connectivity index (χ4n) is 3.65. The first-order valence-corrected chi connectivity index (χ1v) is 11.5. The van der Waals surface area contributed by atoms with Crippen LogP contribution >= 0.6 is 11.8 Å². The molecule has 1 amide bonds. The number of aryl methyl sites for hydroxylation is 2. The second-order valence-corrected chi connectivity index (χ2v) is 8.73. The van der Waals surface area contributed by atoms with E-state index in [-0.39, 0.29) is 5.91 Å². The Bertz CT molecular complexity index is 986. The van der Waals surface area contributed by atoms with Gasteiger partial charge in [-0.2, -0.15) is 0 Å². The van der Waals surface area contributed by atoms with Crippen molar-refractivity contribution in [3.05, 3.63) is 89.5 Å². The van der Waals surface area contributed by atoms with Crippen molar-refractivity contribution < 1.29 is 9.53 Å². The molecular weight excluding hydrogens is 390 g/mol. The van der Waals surface area contributed by atoms with E-state index in [1.165, 1.54) is 34.4 Å². The molecule has 0 fully saturated rings. The van der Waals surface area contributed by atoms with Crippen LogP contribution in [0.2, 0.25) is 0 Å². The Labute approximate surface area is 182 Å². The largest absolute Gasteiger partial charge is 0.481 e. The van der Waals surface area contributed by atoms with E-state index in [9.17, 15) is 4.79 Å². The van der Waals surface area contributed by atoms with E-state index in [4.69, 9.17) is 4.74 Å². The average molecular weight is 418 g/mol. The Hall–Kier alpha value is -2.72. The maximum atomic E-state index is 12.6. The lowest BCUT2D eigenvalue weighted by Crippen LogP contribution is -2.30. The predicted octanol–water partition coefficient (Wildman–Crippen LogP) is 6.26. The summed E-state index contributed by atoms with van der Waals surface area (Å²) in [6.07, 6.45) is 4.18. The zero-order valence-corrected chi connectivity index (χ0v) is 18.1. The summed E-state index contributed by atoms with van der Waals surface area (Å²) in [5.74, 6) is 1.53. The molecule has 3 nitrogen and oxygen atoms in total. The molecule has 0 radical (unpaired) electrons. The molecule has 0 saturated carbocycles. The van der Waals surface area contributed by atoms with Crippen LogP contribution in [-0.2, 0) is 23.4 Å². The number of benzene rings is 3. The first-order valence-electron chi connectivity index (χ1n) is 10.5. The number of carbonyl (C=O) groups excluding carboxylic acids is 1. The van der Waals surface area contributed by atoms with Crippen LogP contribution < -0.4 is 10.1 Å². The van der Waals surface area contributed by atoms with Crippen LogP contribution in [0.3, 0.4) is 0 Å². The van der Waals surface area contributed by atoms with Gasteiger partial charge in [0.15, 0.2) is 6.10 Å². The van der Waals surface area contributed by atoms with Crippen molar-refractivity contribution in [3.63, 3.8) is 0 Å². The van der Waals surface area contributed by atoms with E-state index in [1.54, 1.807) is 18.7 Å². The normalized spacial score (nSPS) is 13.9. The minimum Gasteiger partial charge on any atom is -0.481 e. The lowest BCUT2D eigenvalue weighted by atomic mass is 9.92. The first kappa shape index (κ1) is 20.5. The maximum absolute atomic E-state index is 12.6. The average Bonchev–Trinajstić information content (AvgIpc) is 2.79. The Morgan fingerprint density at radius 2 is 1.70 bits per heavy atom.